The first-order chi connectivity index (χ1) is 13.1. The fourth-order valence-corrected chi connectivity index (χ4v) is 4.26. The Morgan fingerprint density at radius 3 is 2.59 bits per heavy atom. The van der Waals surface area contributed by atoms with Gasteiger partial charge in [-0.25, -0.2) is 4.98 Å². The Morgan fingerprint density at radius 2 is 1.96 bits per heavy atom. The molecule has 27 heavy (non-hydrogen) atoms. The molecule has 2 heterocycles. The lowest BCUT2D eigenvalue weighted by Crippen LogP contribution is -2.06. The van der Waals surface area contributed by atoms with Gasteiger partial charge in [-0.15, -0.1) is 0 Å². The van der Waals surface area contributed by atoms with E-state index in [1.807, 2.05) is 22.9 Å². The van der Waals surface area contributed by atoms with Crippen molar-refractivity contribution in [2.75, 3.05) is 11.5 Å². The summed E-state index contributed by atoms with van der Waals surface area (Å²) in [5.74, 6) is -0.110. The summed E-state index contributed by atoms with van der Waals surface area (Å²) in [6.45, 7) is 0. The maximum atomic E-state index is 12.5. The highest BCUT2D eigenvalue weighted by atomic mass is 35.5. The lowest BCUT2D eigenvalue weighted by Gasteiger charge is -2.11. The Balaban J connectivity index is 2.00. The zero-order valence-corrected chi connectivity index (χ0v) is 16.2. The average molecular weight is 411 g/mol. The van der Waals surface area contributed by atoms with Gasteiger partial charge in [-0.3, -0.25) is 4.79 Å². The number of carbonyl (C=O) groups excluding carboxylic acids is 1. The molecule has 0 atom stereocenters. The van der Waals surface area contributed by atoms with Crippen molar-refractivity contribution in [2.24, 2.45) is 0 Å². The number of thiophene rings is 1. The molecule has 0 unspecified atom stereocenters. The zero-order chi connectivity index (χ0) is 19.4. The van der Waals surface area contributed by atoms with Gasteiger partial charge < -0.3 is 5.73 Å². The van der Waals surface area contributed by atoms with Crippen LogP contribution in [-0.4, -0.2) is 16.5 Å². The third-order valence-corrected chi connectivity index (χ3v) is 5.73. The van der Waals surface area contributed by atoms with E-state index in [9.17, 15) is 15.3 Å². The van der Waals surface area contributed by atoms with Crippen LogP contribution in [0.2, 0.25) is 5.02 Å². The number of benzene rings is 1. The number of Topliss-reactive ketones (excluding diaryl/α,β-unsaturated/α-hetero) is 1. The Morgan fingerprint density at radius 1 is 1.22 bits per heavy atom. The third-order valence-electron chi connectivity index (χ3n) is 3.74. The number of ketones is 1. The van der Waals surface area contributed by atoms with Crippen molar-refractivity contribution in [3.05, 3.63) is 62.8 Å². The van der Waals surface area contributed by atoms with E-state index in [4.69, 9.17) is 17.3 Å². The van der Waals surface area contributed by atoms with Gasteiger partial charge in [-0.05, 0) is 34.5 Å². The molecule has 3 rings (SSSR count). The predicted octanol–water partition coefficient (Wildman–Crippen LogP) is 4.76. The number of halogens is 1. The van der Waals surface area contributed by atoms with Crippen LogP contribution in [0.25, 0.3) is 11.1 Å². The minimum absolute atomic E-state index is 0.0328. The molecule has 132 valence electrons. The lowest BCUT2D eigenvalue weighted by molar-refractivity contribution is 0.102. The topological polar surface area (TPSA) is 104 Å². The van der Waals surface area contributed by atoms with Crippen molar-refractivity contribution >= 4 is 46.3 Å². The first kappa shape index (κ1) is 18.9. The smallest absolute Gasteiger partial charge is 0.174 e. The molecule has 0 aliphatic heterocycles. The Hall–Kier alpha value is -2.84. The average Bonchev–Trinajstić information content (AvgIpc) is 3.20. The normalized spacial score (nSPS) is 10.2. The van der Waals surface area contributed by atoms with E-state index in [1.54, 1.807) is 24.3 Å². The summed E-state index contributed by atoms with van der Waals surface area (Å²) in [5.41, 5.74) is 7.91. The van der Waals surface area contributed by atoms with Crippen LogP contribution in [0.1, 0.15) is 21.5 Å². The molecule has 5 nitrogen and oxygen atoms in total. The number of carbonyl (C=O) groups is 1. The molecule has 0 bridgehead atoms. The van der Waals surface area contributed by atoms with E-state index >= 15 is 0 Å². The first-order valence-electron chi connectivity index (χ1n) is 7.63. The Labute approximate surface area is 169 Å². The van der Waals surface area contributed by atoms with Gasteiger partial charge >= 0.3 is 0 Å². The summed E-state index contributed by atoms with van der Waals surface area (Å²) in [4.78, 5) is 16.6. The molecule has 0 aliphatic rings. The molecule has 8 heteroatoms. The molecule has 1 aromatic carbocycles. The minimum atomic E-state index is -0.184. The molecule has 3 aromatic rings. The van der Waals surface area contributed by atoms with Crippen molar-refractivity contribution in [2.45, 2.75) is 5.03 Å². The lowest BCUT2D eigenvalue weighted by atomic mass is 9.99. The maximum absolute atomic E-state index is 12.5. The van der Waals surface area contributed by atoms with E-state index in [0.29, 0.717) is 21.2 Å². The third kappa shape index (κ3) is 3.81. The van der Waals surface area contributed by atoms with E-state index in [2.05, 4.69) is 11.1 Å². The summed E-state index contributed by atoms with van der Waals surface area (Å²) < 4.78 is 0. The van der Waals surface area contributed by atoms with Crippen LogP contribution in [0.4, 0.5) is 5.82 Å². The highest BCUT2D eigenvalue weighted by Crippen LogP contribution is 2.36. The first-order valence-corrected chi connectivity index (χ1v) is 9.94. The molecule has 0 fully saturated rings. The van der Waals surface area contributed by atoms with Crippen LogP contribution in [0.3, 0.4) is 0 Å². The van der Waals surface area contributed by atoms with Gasteiger partial charge in [-0.2, -0.15) is 21.9 Å². The molecular formula is C19H11ClN4OS2. The number of thioether (sulfide) groups is 1. The van der Waals surface area contributed by atoms with Gasteiger partial charge in [0.05, 0.1) is 16.3 Å². The highest BCUT2D eigenvalue weighted by molar-refractivity contribution is 8.00. The summed E-state index contributed by atoms with van der Waals surface area (Å²) in [6.07, 6.45) is 0. The van der Waals surface area contributed by atoms with Crippen LogP contribution in [0.15, 0.2) is 46.1 Å². The number of hydrogen-bond acceptors (Lipinski definition) is 7. The number of nitriles is 2. The summed E-state index contributed by atoms with van der Waals surface area (Å²) in [7, 11) is 0. The number of nitrogens with zero attached hydrogens (tertiary/aromatic N) is 3. The van der Waals surface area contributed by atoms with E-state index in [1.165, 1.54) is 11.3 Å². The van der Waals surface area contributed by atoms with Crippen LogP contribution >= 0.6 is 34.7 Å². The number of pyridine rings is 1. The molecule has 0 saturated heterocycles. The van der Waals surface area contributed by atoms with Crippen molar-refractivity contribution in [1.29, 1.82) is 10.5 Å². The second-order valence-electron chi connectivity index (χ2n) is 5.35. The van der Waals surface area contributed by atoms with Gasteiger partial charge in [0.2, 0.25) is 0 Å². The number of nitrogens with two attached hydrogens (primary N) is 1. The van der Waals surface area contributed by atoms with Crippen molar-refractivity contribution in [3.63, 3.8) is 0 Å². The van der Waals surface area contributed by atoms with Gasteiger partial charge in [-0.1, -0.05) is 35.5 Å². The quantitative estimate of drug-likeness (QED) is 0.480. The predicted molar refractivity (Wildman–Crippen MR) is 108 cm³/mol. The van der Waals surface area contributed by atoms with Gasteiger partial charge in [0.1, 0.15) is 28.5 Å². The van der Waals surface area contributed by atoms with E-state index in [0.717, 1.165) is 17.3 Å². The molecular weight excluding hydrogens is 400 g/mol. The van der Waals surface area contributed by atoms with Crippen molar-refractivity contribution in [3.8, 4) is 23.3 Å². The van der Waals surface area contributed by atoms with Crippen LogP contribution < -0.4 is 5.73 Å². The van der Waals surface area contributed by atoms with Crippen LogP contribution in [-0.2, 0) is 0 Å². The number of rotatable bonds is 5. The van der Waals surface area contributed by atoms with Gasteiger partial charge in [0.15, 0.2) is 5.78 Å². The van der Waals surface area contributed by atoms with E-state index < -0.39 is 0 Å². The summed E-state index contributed by atoms with van der Waals surface area (Å²) >= 11 is 8.61. The second kappa shape index (κ2) is 8.24. The molecule has 0 amide bonds. The van der Waals surface area contributed by atoms with Crippen molar-refractivity contribution in [1.82, 2.24) is 4.98 Å². The standard InChI is InChI=1S/C19H11ClN4OS2/c20-15-4-2-1-3-12(15)16(25)10-27-19-14(8-22)17(11-5-6-26-9-11)13(7-21)18(23)24-19/h1-6,9H,10H2,(H2,23,24). The number of nitrogen functional groups attached to an aromatic ring is 1. The Kier molecular flexibility index (Phi) is 5.78. The molecule has 0 saturated carbocycles. The zero-order valence-electron chi connectivity index (χ0n) is 13.8. The summed E-state index contributed by atoms with van der Waals surface area (Å²) in [5, 5.41) is 23.5. The fraction of sp³-hybridized carbons (Fsp3) is 0.0526. The van der Waals surface area contributed by atoms with Crippen molar-refractivity contribution < 1.29 is 4.79 Å². The molecule has 0 spiro atoms. The minimum Gasteiger partial charge on any atom is -0.383 e. The van der Waals surface area contributed by atoms with Gasteiger partial charge in [0.25, 0.3) is 0 Å². The number of hydrogen-bond donors (Lipinski definition) is 1. The summed E-state index contributed by atoms with van der Waals surface area (Å²) in [6, 6.07) is 12.7. The van der Waals surface area contributed by atoms with Gasteiger partial charge in [0, 0.05) is 11.1 Å². The molecule has 0 radical (unpaired) electrons. The maximum Gasteiger partial charge on any atom is 0.174 e. The van der Waals surface area contributed by atoms with Crippen LogP contribution in [0, 0.1) is 22.7 Å². The SMILES string of the molecule is N#Cc1c(N)nc(SCC(=O)c2ccccc2Cl)c(C#N)c1-c1ccsc1. The molecule has 0 aliphatic carbocycles. The highest BCUT2D eigenvalue weighted by Gasteiger charge is 2.21. The second-order valence-corrected chi connectivity index (χ2v) is 7.51. The molecule has 2 N–H and O–H groups in total. The number of aromatic nitrogens is 1. The van der Waals surface area contributed by atoms with Crippen LogP contribution in [0.5, 0.6) is 0 Å². The monoisotopic (exact) mass is 410 g/mol. The Bertz CT molecular complexity index is 1100. The largest absolute Gasteiger partial charge is 0.383 e. The number of anilines is 1. The molecule has 2 aromatic heterocycles. The fourth-order valence-electron chi connectivity index (χ4n) is 2.50. The van der Waals surface area contributed by atoms with E-state index in [-0.39, 0.29) is 28.5 Å².